The summed E-state index contributed by atoms with van der Waals surface area (Å²) in [6.07, 6.45) is 5.35. The van der Waals surface area contributed by atoms with Crippen LogP contribution in [-0.2, 0) is 35.1 Å². The Labute approximate surface area is 400 Å². The van der Waals surface area contributed by atoms with E-state index in [1.54, 1.807) is 26.2 Å². The van der Waals surface area contributed by atoms with E-state index in [2.05, 4.69) is 39.6 Å². The van der Waals surface area contributed by atoms with Crippen LogP contribution in [-0.4, -0.2) is 133 Å². The van der Waals surface area contributed by atoms with Crippen molar-refractivity contribution in [2.45, 2.75) is 149 Å². The molecule has 1 aromatic heterocycles. The van der Waals surface area contributed by atoms with Gasteiger partial charge in [-0.05, 0) is 81.3 Å². The molecule has 4 amide bonds. The fraction of sp³-hybridized carbons (Fsp3) is 0.654. The first kappa shape index (κ1) is 54.9. The van der Waals surface area contributed by atoms with Crippen LogP contribution >= 0.6 is 0 Å². The summed E-state index contributed by atoms with van der Waals surface area (Å²) in [6, 6.07) is 16.6. The Morgan fingerprint density at radius 3 is 2.10 bits per heavy atom. The van der Waals surface area contributed by atoms with Gasteiger partial charge in [-0.2, -0.15) is 0 Å². The average molecular weight is 931 g/mol. The van der Waals surface area contributed by atoms with E-state index >= 15 is 0 Å². The number of likely N-dealkylation sites (N-methyl/N-ethyl adjacent to an activating group) is 2. The molecule has 15 nitrogen and oxygen atoms in total. The Bertz CT molecular complexity index is 1950. The molecule has 2 heterocycles. The van der Waals surface area contributed by atoms with Crippen LogP contribution in [0.3, 0.4) is 0 Å². The van der Waals surface area contributed by atoms with Crippen LogP contribution in [0.25, 0.3) is 11.5 Å². The summed E-state index contributed by atoms with van der Waals surface area (Å²) in [7, 11) is 6.89. The normalized spacial score (nSPS) is 17.7. The maximum Gasteiger partial charge on any atom is 0.247 e. The summed E-state index contributed by atoms with van der Waals surface area (Å²) in [5.41, 5.74) is 7.44. The lowest BCUT2D eigenvalue weighted by Gasteiger charge is -2.41. The van der Waals surface area contributed by atoms with Crippen LogP contribution in [0.2, 0.25) is 0 Å². The van der Waals surface area contributed by atoms with Crippen molar-refractivity contribution in [2.75, 3.05) is 47.9 Å². The van der Waals surface area contributed by atoms with Gasteiger partial charge in [0.1, 0.15) is 12.1 Å². The number of aromatic nitrogens is 2. The fourth-order valence-corrected chi connectivity index (χ4v) is 9.71. The van der Waals surface area contributed by atoms with E-state index in [1.807, 2.05) is 107 Å². The topological polar surface area (TPSA) is 185 Å². The molecule has 3 aromatic rings. The van der Waals surface area contributed by atoms with Crippen molar-refractivity contribution in [1.82, 2.24) is 35.5 Å². The number of methoxy groups -OCH3 is 2. The second-order valence-corrected chi connectivity index (χ2v) is 19.3. The number of nitrogens with one attached hydrogen (secondary N) is 2. The molecule has 1 aliphatic rings. The second-order valence-electron chi connectivity index (χ2n) is 19.3. The molecule has 0 radical (unpaired) electrons. The molecular weight excluding hydrogens is 849 g/mol. The number of ether oxygens (including phenoxy) is 2. The minimum atomic E-state index is -0.785. The minimum absolute atomic E-state index is 0.0148. The Morgan fingerprint density at radius 2 is 1.51 bits per heavy atom. The van der Waals surface area contributed by atoms with E-state index in [0.29, 0.717) is 31.8 Å². The third kappa shape index (κ3) is 15.1. The molecule has 1 aliphatic heterocycles. The molecular formula is C52H82N8O7. The Morgan fingerprint density at radius 1 is 0.851 bits per heavy atom. The van der Waals surface area contributed by atoms with Crippen molar-refractivity contribution in [1.29, 1.82) is 0 Å². The van der Waals surface area contributed by atoms with Crippen LogP contribution in [0.15, 0.2) is 65.1 Å². The number of unbranched alkanes of at least 4 members (excludes halogenated alkanes) is 3. The summed E-state index contributed by atoms with van der Waals surface area (Å²) in [5.74, 6) is -1.04. The molecule has 372 valence electrons. The Hall–Kier alpha value is -4.70. The number of hydrogen-bond acceptors (Lipinski definition) is 11. The lowest BCUT2D eigenvalue weighted by molar-refractivity contribution is -0.148. The number of amides is 4. The molecule has 9 atom stereocenters. The number of rotatable bonds is 28. The first-order valence-electron chi connectivity index (χ1n) is 24.6. The standard InChI is InChI=1S/C52H82N8O7/c1-12-36(6)46(59(9)52(64)44(34(2)3)55-49(63)45(35(4)5)58(8)30-22-14-13-21-29-53)42(65-10)33-43(61)60-31-23-28-41(60)47(66-11)37(7)48(62)54-40(32-38-24-17-15-18-25-38)51-57-56-50(67-51)39-26-19-16-20-27-39/h15-20,24-27,34-37,40-42,44-47H,12-14,21-23,28-33,53H2,1-11H3,(H,54,62)(H,55,63)/t36-,37+,40+,41-,42+,44-,45-,46-,47+/m0/s1. The summed E-state index contributed by atoms with van der Waals surface area (Å²) < 4.78 is 18.4. The SMILES string of the molecule is CC[C@H](C)[C@@H]([C@@H](CC(=O)N1CCC[C@H]1[C@H](OC)[C@@H](C)C(=O)N[C@H](Cc1ccccc1)c1nnc(-c2ccccc2)o1)OC)N(C)C(=O)[C@@H](NC(=O)[C@H](C(C)C)N(C)CCCCCCN)C(C)C. The Balaban J connectivity index is 1.49. The highest BCUT2D eigenvalue weighted by atomic mass is 16.5. The van der Waals surface area contributed by atoms with Gasteiger partial charge in [0.25, 0.3) is 0 Å². The largest absolute Gasteiger partial charge is 0.418 e. The van der Waals surface area contributed by atoms with Gasteiger partial charge in [0.05, 0.1) is 42.7 Å². The number of carbonyl (C=O) groups excluding carboxylic acids is 4. The van der Waals surface area contributed by atoms with E-state index < -0.39 is 42.3 Å². The summed E-state index contributed by atoms with van der Waals surface area (Å²) in [6.45, 7) is 15.8. The maximum absolute atomic E-state index is 14.6. The lowest BCUT2D eigenvalue weighted by Crippen LogP contribution is -2.60. The van der Waals surface area contributed by atoms with Gasteiger partial charge < -0.3 is 40.1 Å². The summed E-state index contributed by atoms with van der Waals surface area (Å²) in [5, 5.41) is 15.0. The third-order valence-electron chi connectivity index (χ3n) is 13.7. The molecule has 0 saturated carbocycles. The van der Waals surface area contributed by atoms with Crippen molar-refractivity contribution in [2.24, 2.45) is 29.4 Å². The van der Waals surface area contributed by atoms with E-state index in [-0.39, 0.29) is 59.7 Å². The van der Waals surface area contributed by atoms with Gasteiger partial charge in [-0.15, -0.1) is 10.2 Å². The van der Waals surface area contributed by atoms with Crippen molar-refractivity contribution in [3.8, 4) is 11.5 Å². The van der Waals surface area contributed by atoms with Crippen LogP contribution < -0.4 is 16.4 Å². The van der Waals surface area contributed by atoms with Gasteiger partial charge in [-0.3, -0.25) is 24.1 Å². The van der Waals surface area contributed by atoms with Gasteiger partial charge in [-0.25, -0.2) is 0 Å². The molecule has 1 fully saturated rings. The first-order chi connectivity index (χ1) is 32.1. The number of likely N-dealkylation sites (tertiary alicyclic amines) is 1. The van der Waals surface area contributed by atoms with Gasteiger partial charge in [0.15, 0.2) is 0 Å². The zero-order valence-corrected chi connectivity index (χ0v) is 42.3. The van der Waals surface area contributed by atoms with Crippen molar-refractivity contribution >= 4 is 23.6 Å². The van der Waals surface area contributed by atoms with E-state index in [4.69, 9.17) is 19.6 Å². The molecule has 67 heavy (non-hydrogen) atoms. The fourth-order valence-electron chi connectivity index (χ4n) is 9.71. The zero-order chi connectivity index (χ0) is 49.2. The van der Waals surface area contributed by atoms with Gasteiger partial charge in [0.2, 0.25) is 35.4 Å². The summed E-state index contributed by atoms with van der Waals surface area (Å²) >= 11 is 0. The van der Waals surface area contributed by atoms with E-state index in [1.165, 1.54) is 0 Å². The molecule has 4 rings (SSSR count). The van der Waals surface area contributed by atoms with Crippen molar-refractivity contribution < 1.29 is 33.1 Å². The summed E-state index contributed by atoms with van der Waals surface area (Å²) in [4.78, 5) is 63.0. The van der Waals surface area contributed by atoms with E-state index in [0.717, 1.165) is 56.2 Å². The highest BCUT2D eigenvalue weighted by Gasteiger charge is 2.43. The minimum Gasteiger partial charge on any atom is -0.418 e. The average Bonchev–Trinajstić information content (AvgIpc) is 4.02. The van der Waals surface area contributed by atoms with Crippen molar-refractivity contribution in [3.05, 3.63) is 72.1 Å². The van der Waals surface area contributed by atoms with Crippen LogP contribution in [0.5, 0.6) is 0 Å². The highest BCUT2D eigenvalue weighted by molar-refractivity contribution is 5.90. The predicted octanol–water partition coefficient (Wildman–Crippen LogP) is 6.67. The van der Waals surface area contributed by atoms with Gasteiger partial charge >= 0.3 is 0 Å². The molecule has 0 bridgehead atoms. The first-order valence-corrected chi connectivity index (χ1v) is 24.6. The Kier molecular flexibility index (Phi) is 22.4. The van der Waals surface area contributed by atoms with Crippen LogP contribution in [0, 0.1) is 23.7 Å². The number of carbonyl (C=O) groups is 4. The number of hydrogen-bond donors (Lipinski definition) is 3. The quantitative estimate of drug-likeness (QED) is 0.0661. The molecule has 0 spiro atoms. The number of nitrogens with zero attached hydrogens (tertiary/aromatic N) is 5. The van der Waals surface area contributed by atoms with Crippen LogP contribution in [0.1, 0.15) is 117 Å². The maximum atomic E-state index is 14.6. The third-order valence-corrected chi connectivity index (χ3v) is 13.7. The molecule has 1 saturated heterocycles. The monoisotopic (exact) mass is 931 g/mol. The molecule has 2 aromatic carbocycles. The molecule has 0 aliphatic carbocycles. The predicted molar refractivity (Wildman–Crippen MR) is 262 cm³/mol. The molecule has 4 N–H and O–H groups in total. The molecule has 0 unspecified atom stereocenters. The number of benzene rings is 2. The van der Waals surface area contributed by atoms with E-state index in [9.17, 15) is 19.2 Å². The van der Waals surface area contributed by atoms with Gasteiger partial charge in [0, 0.05) is 39.8 Å². The molecule has 15 heteroatoms. The van der Waals surface area contributed by atoms with Crippen molar-refractivity contribution in [3.63, 3.8) is 0 Å². The second kappa shape index (κ2) is 27.3. The smallest absolute Gasteiger partial charge is 0.247 e. The van der Waals surface area contributed by atoms with Crippen LogP contribution in [0.4, 0.5) is 0 Å². The number of nitrogens with two attached hydrogens (primary N) is 1. The zero-order valence-electron chi connectivity index (χ0n) is 42.3. The lowest BCUT2D eigenvalue weighted by atomic mass is 9.89. The highest BCUT2D eigenvalue weighted by Crippen LogP contribution is 2.31. The van der Waals surface area contributed by atoms with Gasteiger partial charge in [-0.1, -0.05) is 116 Å².